The number of quaternary nitrogens is 1. The molecule has 8 nitrogen and oxygen atoms in total. The molecule has 156 valence electrons. The van der Waals surface area contributed by atoms with Crippen LogP contribution in [0, 0.1) is 0 Å². The summed E-state index contributed by atoms with van der Waals surface area (Å²) in [6.45, 7) is 0.445. The van der Waals surface area contributed by atoms with Gasteiger partial charge < -0.3 is 24.5 Å². The first-order valence-corrected chi connectivity index (χ1v) is 9.31. The maximum atomic E-state index is 11.9. The van der Waals surface area contributed by atoms with Crippen LogP contribution in [-0.4, -0.2) is 71.5 Å². The molecule has 1 unspecified atom stereocenters. The number of carbonyl (C=O) groups excluding carboxylic acids is 1. The van der Waals surface area contributed by atoms with Crippen molar-refractivity contribution >= 4 is 17.9 Å². The monoisotopic (exact) mass is 388 g/mol. The van der Waals surface area contributed by atoms with Gasteiger partial charge in [-0.05, 0) is 25.3 Å². The number of hydrogen-bond donors (Lipinski definition) is 3. The van der Waals surface area contributed by atoms with E-state index in [-0.39, 0.29) is 31.0 Å². The number of esters is 1. The van der Waals surface area contributed by atoms with Crippen LogP contribution in [0.25, 0.3) is 0 Å². The van der Waals surface area contributed by atoms with Crippen LogP contribution in [0.1, 0.15) is 57.8 Å². The Morgan fingerprint density at radius 3 is 2.07 bits per heavy atom. The van der Waals surface area contributed by atoms with E-state index in [0.29, 0.717) is 23.9 Å². The average Bonchev–Trinajstić information content (AvgIpc) is 2.46. The number of hydrogen-bond acceptors (Lipinski definition) is 5. The first kappa shape index (κ1) is 24.9. The van der Waals surface area contributed by atoms with Gasteiger partial charge in [-0.25, -0.2) is 0 Å². The largest absolute Gasteiger partial charge is 0.512 e. The molecule has 0 aliphatic carbocycles. The molecule has 0 saturated heterocycles. The number of rotatable bonds is 15. The number of carboxylic acid groups (broad SMARTS) is 2. The zero-order valence-corrected chi connectivity index (χ0v) is 16.6. The third kappa shape index (κ3) is 17.1. The average molecular weight is 388 g/mol. The van der Waals surface area contributed by atoms with E-state index >= 15 is 0 Å². The summed E-state index contributed by atoms with van der Waals surface area (Å²) in [7, 11) is 5.75. The highest BCUT2D eigenvalue weighted by Gasteiger charge is 2.24. The van der Waals surface area contributed by atoms with Crippen LogP contribution in [0.2, 0.25) is 0 Å². The van der Waals surface area contributed by atoms with Crippen molar-refractivity contribution in [2.24, 2.45) is 0 Å². The summed E-state index contributed by atoms with van der Waals surface area (Å²) in [5.41, 5.74) is 0. The number of aliphatic carboxylic acids is 2. The van der Waals surface area contributed by atoms with Gasteiger partial charge in [0.2, 0.25) is 0 Å². The van der Waals surface area contributed by atoms with Gasteiger partial charge in [0, 0.05) is 6.42 Å². The van der Waals surface area contributed by atoms with Gasteiger partial charge in [-0.15, -0.1) is 0 Å². The molecule has 0 aliphatic heterocycles. The maximum Gasteiger partial charge on any atom is 0.311 e. The number of unbranched alkanes of at least 4 members (excludes halogenated alkanes) is 5. The minimum Gasteiger partial charge on any atom is -0.512 e. The predicted octanol–water partition coefficient (Wildman–Crippen LogP) is 2.73. The molecule has 27 heavy (non-hydrogen) atoms. The SMILES string of the molecule is C[N+](C)(C)CC(CC(=O)O)OC(=O)CCCCCCC/C=C(\O)CC(=O)O. The fraction of sp³-hybridized carbons (Fsp3) is 0.737. The van der Waals surface area contributed by atoms with Crippen LogP contribution >= 0.6 is 0 Å². The van der Waals surface area contributed by atoms with Gasteiger partial charge in [-0.2, -0.15) is 0 Å². The molecule has 0 rings (SSSR count). The van der Waals surface area contributed by atoms with E-state index in [0.717, 1.165) is 25.7 Å². The highest BCUT2D eigenvalue weighted by atomic mass is 16.5. The van der Waals surface area contributed by atoms with Gasteiger partial charge in [0.15, 0.2) is 6.10 Å². The number of aliphatic hydroxyl groups is 1. The Morgan fingerprint density at radius 2 is 1.52 bits per heavy atom. The summed E-state index contributed by atoms with van der Waals surface area (Å²) >= 11 is 0. The van der Waals surface area contributed by atoms with Gasteiger partial charge in [-0.1, -0.05) is 19.3 Å². The minimum atomic E-state index is -1.05. The Kier molecular flexibility index (Phi) is 12.1. The molecule has 0 radical (unpaired) electrons. The molecule has 0 amide bonds. The van der Waals surface area contributed by atoms with Gasteiger partial charge in [0.1, 0.15) is 13.0 Å². The summed E-state index contributed by atoms with van der Waals surface area (Å²) in [5.74, 6) is -2.52. The number of aliphatic hydroxyl groups excluding tert-OH is 1. The van der Waals surface area contributed by atoms with Crippen LogP contribution in [0.15, 0.2) is 11.8 Å². The third-order valence-corrected chi connectivity index (χ3v) is 3.75. The quantitative estimate of drug-likeness (QED) is 0.171. The van der Waals surface area contributed by atoms with Crippen molar-refractivity contribution < 1.29 is 38.9 Å². The summed E-state index contributed by atoms with van der Waals surface area (Å²) < 4.78 is 5.84. The van der Waals surface area contributed by atoms with Gasteiger partial charge in [0.05, 0.1) is 33.3 Å². The summed E-state index contributed by atoms with van der Waals surface area (Å²) in [6, 6.07) is 0. The van der Waals surface area contributed by atoms with Gasteiger partial charge >= 0.3 is 17.9 Å². The van der Waals surface area contributed by atoms with Crippen molar-refractivity contribution in [1.29, 1.82) is 0 Å². The zero-order chi connectivity index (χ0) is 20.9. The topological polar surface area (TPSA) is 121 Å². The predicted molar refractivity (Wildman–Crippen MR) is 100 cm³/mol. The molecule has 0 aromatic rings. The highest BCUT2D eigenvalue weighted by Crippen LogP contribution is 2.11. The number of likely N-dealkylation sites (N-methyl/N-ethyl adjacent to an activating group) is 1. The standard InChI is InChI=1S/C19H33NO7/c1-20(2,3)14-16(13-18(24)25)27-19(26)11-9-7-5-4-6-8-10-15(21)12-17(22)23/h10,16H,4-9,11-14H2,1-3H3,(H2-,21,22,23,24,25)/p+1/b15-10-. The van der Waals surface area contributed by atoms with E-state index in [1.54, 1.807) is 0 Å². The molecule has 0 bridgehead atoms. The lowest BCUT2D eigenvalue weighted by molar-refractivity contribution is -0.873. The van der Waals surface area contributed by atoms with Crippen molar-refractivity contribution in [3.63, 3.8) is 0 Å². The lowest BCUT2D eigenvalue weighted by Crippen LogP contribution is -2.43. The van der Waals surface area contributed by atoms with E-state index in [1.807, 2.05) is 21.1 Å². The smallest absolute Gasteiger partial charge is 0.311 e. The first-order chi connectivity index (χ1) is 12.5. The summed E-state index contributed by atoms with van der Waals surface area (Å²) in [6.07, 6.45) is 5.51. The molecule has 0 aliphatic rings. The second kappa shape index (κ2) is 13.1. The lowest BCUT2D eigenvalue weighted by Gasteiger charge is -2.28. The Morgan fingerprint density at radius 1 is 0.926 bits per heavy atom. The number of ether oxygens (including phenoxy) is 1. The fourth-order valence-corrected chi connectivity index (χ4v) is 2.63. The Labute approximate surface area is 161 Å². The van der Waals surface area contributed by atoms with Crippen LogP contribution in [0.3, 0.4) is 0 Å². The zero-order valence-electron chi connectivity index (χ0n) is 16.6. The van der Waals surface area contributed by atoms with E-state index in [4.69, 9.17) is 14.9 Å². The lowest BCUT2D eigenvalue weighted by atomic mass is 10.1. The molecule has 0 aromatic heterocycles. The number of allylic oxidation sites excluding steroid dienone is 1. The molecule has 8 heteroatoms. The molecule has 0 fully saturated rings. The highest BCUT2D eigenvalue weighted by molar-refractivity contribution is 5.71. The Hall–Kier alpha value is -2.09. The van der Waals surface area contributed by atoms with Gasteiger partial charge in [0.25, 0.3) is 0 Å². The van der Waals surface area contributed by atoms with Crippen LogP contribution < -0.4 is 0 Å². The van der Waals surface area contributed by atoms with Crippen LogP contribution in [0.5, 0.6) is 0 Å². The van der Waals surface area contributed by atoms with Crippen LogP contribution in [0.4, 0.5) is 0 Å². The molecule has 0 saturated carbocycles. The second-order valence-electron chi connectivity index (χ2n) is 7.76. The molecule has 3 N–H and O–H groups in total. The maximum absolute atomic E-state index is 11.9. The van der Waals surface area contributed by atoms with Crippen molar-refractivity contribution in [3.05, 3.63) is 11.8 Å². The Bertz CT molecular complexity index is 509. The number of carboxylic acids is 2. The molecular formula is C19H34NO7+. The third-order valence-electron chi connectivity index (χ3n) is 3.75. The van der Waals surface area contributed by atoms with E-state index in [9.17, 15) is 19.5 Å². The van der Waals surface area contributed by atoms with E-state index in [1.165, 1.54) is 6.08 Å². The molecule has 1 atom stereocenters. The first-order valence-electron chi connectivity index (χ1n) is 9.31. The number of nitrogens with zero attached hydrogens (tertiary/aromatic N) is 1. The minimum absolute atomic E-state index is 0.116. The summed E-state index contributed by atoms with van der Waals surface area (Å²) in [4.78, 5) is 33.2. The Balaban J connectivity index is 3.91. The van der Waals surface area contributed by atoms with Gasteiger partial charge in [-0.3, -0.25) is 14.4 Å². The summed E-state index contributed by atoms with van der Waals surface area (Å²) in [5, 5.41) is 26.8. The molecule has 0 heterocycles. The fourth-order valence-electron chi connectivity index (χ4n) is 2.63. The van der Waals surface area contributed by atoms with E-state index < -0.39 is 18.0 Å². The van der Waals surface area contributed by atoms with E-state index in [2.05, 4.69) is 0 Å². The normalized spacial score (nSPS) is 13.2. The van der Waals surface area contributed by atoms with Crippen molar-refractivity contribution in [2.75, 3.05) is 27.7 Å². The van der Waals surface area contributed by atoms with Crippen molar-refractivity contribution in [2.45, 2.75) is 63.9 Å². The second-order valence-corrected chi connectivity index (χ2v) is 7.76. The molecular weight excluding hydrogens is 354 g/mol. The van der Waals surface area contributed by atoms with Crippen molar-refractivity contribution in [1.82, 2.24) is 0 Å². The number of carbonyl (C=O) groups is 3. The van der Waals surface area contributed by atoms with Crippen molar-refractivity contribution in [3.8, 4) is 0 Å². The molecule has 0 aromatic carbocycles. The molecule has 0 spiro atoms. The van der Waals surface area contributed by atoms with Crippen LogP contribution in [-0.2, 0) is 19.1 Å².